The van der Waals surface area contributed by atoms with E-state index >= 15 is 0 Å². The predicted molar refractivity (Wildman–Crippen MR) is 162 cm³/mol. The van der Waals surface area contributed by atoms with Gasteiger partial charge < -0.3 is 9.47 Å². The first-order valence-corrected chi connectivity index (χ1v) is 15.7. The molecular formula is C34H66O4. The average molecular weight is 539 g/mol. The van der Waals surface area contributed by atoms with Gasteiger partial charge in [0.1, 0.15) is 0 Å². The number of rotatable bonds is 19. The minimum atomic E-state index is -0.187. The van der Waals surface area contributed by atoms with Gasteiger partial charge in [0.2, 0.25) is 0 Å². The molecule has 38 heavy (non-hydrogen) atoms. The van der Waals surface area contributed by atoms with Crippen molar-refractivity contribution in [1.29, 1.82) is 0 Å². The Morgan fingerprint density at radius 1 is 0.684 bits per heavy atom. The van der Waals surface area contributed by atoms with Crippen LogP contribution in [0.5, 0.6) is 0 Å². The highest BCUT2D eigenvalue weighted by atomic mass is 16.5. The third-order valence-electron chi connectivity index (χ3n) is 8.93. The second-order valence-corrected chi connectivity index (χ2v) is 15.2. The molecule has 0 aliphatic heterocycles. The Morgan fingerprint density at radius 3 is 1.74 bits per heavy atom. The Kier molecular flexibility index (Phi) is 16.4. The number of carbonyl (C=O) groups excluding carboxylic acids is 2. The van der Waals surface area contributed by atoms with Crippen molar-refractivity contribution in [2.24, 2.45) is 33.5 Å². The summed E-state index contributed by atoms with van der Waals surface area (Å²) in [6.07, 6.45) is 12.7. The quantitative estimate of drug-likeness (QED) is 0.121. The van der Waals surface area contributed by atoms with Gasteiger partial charge in [-0.15, -0.1) is 0 Å². The Labute approximate surface area is 237 Å². The molecule has 0 saturated heterocycles. The second kappa shape index (κ2) is 16.9. The van der Waals surface area contributed by atoms with E-state index in [2.05, 4.69) is 76.2 Å². The lowest BCUT2D eigenvalue weighted by atomic mass is 9.54. The Bertz CT molecular complexity index is 663. The second-order valence-electron chi connectivity index (χ2n) is 15.2. The Morgan fingerprint density at radius 2 is 1.24 bits per heavy atom. The molecule has 0 aliphatic carbocycles. The highest BCUT2D eigenvalue weighted by Crippen LogP contribution is 2.53. The van der Waals surface area contributed by atoms with Crippen molar-refractivity contribution < 1.29 is 19.1 Å². The molecule has 0 heterocycles. The van der Waals surface area contributed by atoms with Gasteiger partial charge >= 0.3 is 11.9 Å². The largest absolute Gasteiger partial charge is 0.466 e. The van der Waals surface area contributed by atoms with Gasteiger partial charge in [-0.1, -0.05) is 115 Å². The summed E-state index contributed by atoms with van der Waals surface area (Å²) in [5.41, 5.74) is 0.0750. The van der Waals surface area contributed by atoms with Crippen LogP contribution in [0.4, 0.5) is 0 Å². The van der Waals surface area contributed by atoms with E-state index in [9.17, 15) is 9.59 Å². The lowest BCUT2D eigenvalue weighted by Crippen LogP contribution is -2.46. The zero-order valence-electron chi connectivity index (χ0n) is 27.7. The number of hydrogen-bond acceptors (Lipinski definition) is 4. The van der Waals surface area contributed by atoms with Gasteiger partial charge in [-0.2, -0.15) is 0 Å². The minimum absolute atomic E-state index is 0.0145. The van der Waals surface area contributed by atoms with Crippen LogP contribution in [0.2, 0.25) is 0 Å². The topological polar surface area (TPSA) is 52.6 Å². The number of unbranched alkanes of at least 4 members (excludes halogenated alkanes) is 6. The molecule has 0 bridgehead atoms. The van der Waals surface area contributed by atoms with Gasteiger partial charge in [0.15, 0.2) is 0 Å². The summed E-state index contributed by atoms with van der Waals surface area (Å²) >= 11 is 0. The van der Waals surface area contributed by atoms with Gasteiger partial charge in [-0.05, 0) is 66.6 Å². The molecule has 2 atom stereocenters. The number of ether oxygens (including phenoxy) is 2. The molecule has 4 heteroatoms. The molecule has 0 radical (unpaired) electrons. The van der Waals surface area contributed by atoms with E-state index in [0.29, 0.717) is 25.6 Å². The minimum Gasteiger partial charge on any atom is -0.466 e. The normalized spacial score (nSPS) is 14.7. The van der Waals surface area contributed by atoms with E-state index in [1.54, 1.807) is 0 Å². The monoisotopic (exact) mass is 538 g/mol. The highest BCUT2D eigenvalue weighted by Gasteiger charge is 2.49. The van der Waals surface area contributed by atoms with Crippen LogP contribution in [0.15, 0.2) is 0 Å². The summed E-state index contributed by atoms with van der Waals surface area (Å²) < 4.78 is 10.8. The molecular weight excluding hydrogens is 472 g/mol. The zero-order valence-corrected chi connectivity index (χ0v) is 27.7. The van der Waals surface area contributed by atoms with Crippen molar-refractivity contribution >= 4 is 11.9 Å². The third-order valence-corrected chi connectivity index (χ3v) is 8.93. The molecule has 0 aromatic rings. The van der Waals surface area contributed by atoms with Gasteiger partial charge in [0.25, 0.3) is 0 Å². The van der Waals surface area contributed by atoms with Crippen LogP contribution in [0, 0.1) is 33.5 Å². The van der Waals surface area contributed by atoms with Crippen LogP contribution in [0.1, 0.15) is 160 Å². The summed E-state index contributed by atoms with van der Waals surface area (Å²) in [5, 5.41) is 0. The van der Waals surface area contributed by atoms with Crippen LogP contribution in [0.25, 0.3) is 0 Å². The molecule has 226 valence electrons. The van der Waals surface area contributed by atoms with Crippen LogP contribution < -0.4 is 0 Å². The van der Waals surface area contributed by atoms with Gasteiger partial charge in [0, 0.05) is 6.42 Å². The van der Waals surface area contributed by atoms with Crippen LogP contribution in [0.3, 0.4) is 0 Å². The van der Waals surface area contributed by atoms with Crippen LogP contribution in [-0.2, 0) is 19.1 Å². The lowest BCUT2D eigenvalue weighted by Gasteiger charge is -2.50. The van der Waals surface area contributed by atoms with Crippen molar-refractivity contribution in [3.05, 3.63) is 0 Å². The summed E-state index contributed by atoms with van der Waals surface area (Å²) in [4.78, 5) is 24.9. The molecule has 2 unspecified atom stereocenters. The van der Waals surface area contributed by atoms with Crippen molar-refractivity contribution in [3.63, 3.8) is 0 Å². The highest BCUT2D eigenvalue weighted by molar-refractivity contribution is 5.73. The van der Waals surface area contributed by atoms with Crippen LogP contribution >= 0.6 is 0 Å². The van der Waals surface area contributed by atoms with Crippen molar-refractivity contribution in [2.75, 3.05) is 13.2 Å². The molecule has 0 aromatic heterocycles. The molecule has 0 spiro atoms. The summed E-state index contributed by atoms with van der Waals surface area (Å²) in [6.45, 7) is 28.1. The van der Waals surface area contributed by atoms with Gasteiger partial charge in [-0.25, -0.2) is 0 Å². The van der Waals surface area contributed by atoms with Crippen molar-refractivity contribution in [3.8, 4) is 0 Å². The maximum atomic E-state index is 13.2. The average Bonchev–Trinajstić information content (AvgIpc) is 2.77. The maximum absolute atomic E-state index is 13.2. The van der Waals surface area contributed by atoms with E-state index < -0.39 is 0 Å². The fraction of sp³-hybridized carbons (Fsp3) is 0.941. The fourth-order valence-electron chi connectivity index (χ4n) is 5.45. The fourth-order valence-corrected chi connectivity index (χ4v) is 5.45. The van der Waals surface area contributed by atoms with E-state index in [0.717, 1.165) is 38.5 Å². The third kappa shape index (κ3) is 14.4. The first-order valence-electron chi connectivity index (χ1n) is 15.7. The first-order chi connectivity index (χ1) is 17.4. The molecule has 0 aromatic carbocycles. The van der Waals surface area contributed by atoms with Crippen LogP contribution in [-0.4, -0.2) is 25.2 Å². The summed E-state index contributed by atoms with van der Waals surface area (Å²) in [7, 11) is 0. The van der Waals surface area contributed by atoms with Gasteiger partial charge in [0.05, 0.1) is 19.1 Å². The van der Waals surface area contributed by atoms with E-state index in [4.69, 9.17) is 9.47 Å². The molecule has 0 N–H and O–H groups in total. The van der Waals surface area contributed by atoms with Crippen molar-refractivity contribution in [1.82, 2.24) is 0 Å². The molecule has 0 aliphatic rings. The zero-order chi connectivity index (χ0) is 29.6. The van der Waals surface area contributed by atoms with Crippen molar-refractivity contribution in [2.45, 2.75) is 160 Å². The number of hydrogen-bond donors (Lipinski definition) is 0. The number of carbonyl (C=O) groups is 2. The predicted octanol–water partition coefficient (Wildman–Crippen LogP) is 10.2. The molecule has 0 fully saturated rings. The molecule has 0 rings (SSSR count). The molecule has 4 nitrogen and oxygen atoms in total. The lowest BCUT2D eigenvalue weighted by molar-refractivity contribution is -0.159. The molecule has 0 saturated carbocycles. The summed E-state index contributed by atoms with van der Waals surface area (Å²) in [6, 6.07) is 0. The SMILES string of the molecule is CCCCOC(=O)CCCCCCCCC(CC(C)(C)C(C)(C)C(CC(C)(C)C)C(=O)OCC)C(C)(C)C. The Balaban J connectivity index is 4.97. The smallest absolute Gasteiger partial charge is 0.309 e. The van der Waals surface area contributed by atoms with E-state index in [1.807, 2.05) is 6.92 Å². The maximum Gasteiger partial charge on any atom is 0.309 e. The van der Waals surface area contributed by atoms with Gasteiger partial charge in [-0.3, -0.25) is 9.59 Å². The molecule has 0 amide bonds. The summed E-state index contributed by atoms with van der Waals surface area (Å²) in [5.74, 6) is 0.390. The van der Waals surface area contributed by atoms with E-state index in [1.165, 1.54) is 32.1 Å². The standard InChI is InChI=1S/C34H66O4/c1-13-15-24-38-29(35)23-21-19-17-16-18-20-22-27(32(6,7)8)25-33(9,10)34(11,12)28(26-31(3,4)5)30(36)37-14-2/h27-28H,13-26H2,1-12H3. The Hall–Kier alpha value is -1.06. The number of esters is 2. The van der Waals surface area contributed by atoms with E-state index in [-0.39, 0.29) is 39.5 Å². The first kappa shape index (κ1) is 36.9.